The molecule has 34 heavy (non-hydrogen) atoms. The minimum atomic E-state index is -0.514. The summed E-state index contributed by atoms with van der Waals surface area (Å²) in [5, 5.41) is 6.12. The number of halogens is 2. The van der Waals surface area contributed by atoms with Crippen molar-refractivity contribution in [2.75, 3.05) is 17.2 Å². The molecule has 0 bridgehead atoms. The van der Waals surface area contributed by atoms with E-state index in [1.807, 2.05) is 54.6 Å². The molecule has 0 saturated carbocycles. The van der Waals surface area contributed by atoms with Crippen molar-refractivity contribution in [3.8, 4) is 5.75 Å². The molecule has 0 radical (unpaired) electrons. The van der Waals surface area contributed by atoms with Gasteiger partial charge in [-0.3, -0.25) is 9.79 Å². The lowest BCUT2D eigenvalue weighted by atomic mass is 10.2. The topological polar surface area (TPSA) is 62.7 Å². The summed E-state index contributed by atoms with van der Waals surface area (Å²) in [6.45, 7) is -0.301. The van der Waals surface area contributed by atoms with Crippen LogP contribution in [0.25, 0.3) is 0 Å². The number of carbonyl (C=O) groups is 1. The maximum absolute atomic E-state index is 13.6. The summed E-state index contributed by atoms with van der Waals surface area (Å²) < 4.78 is 19.1. The first-order valence-electron chi connectivity index (χ1n) is 10.5. The van der Waals surface area contributed by atoms with Gasteiger partial charge in [-0.05, 0) is 72.3 Å². The number of rotatable bonds is 8. The number of anilines is 3. The van der Waals surface area contributed by atoms with Gasteiger partial charge in [0.05, 0.1) is 16.4 Å². The Balaban J connectivity index is 1.32. The average Bonchev–Trinajstić information content (AvgIpc) is 2.85. The normalized spacial score (nSPS) is 10.8. The summed E-state index contributed by atoms with van der Waals surface area (Å²) in [6, 6.07) is 28.7. The minimum Gasteiger partial charge on any atom is -0.482 e. The van der Waals surface area contributed by atoms with Crippen LogP contribution in [-0.2, 0) is 4.79 Å². The van der Waals surface area contributed by atoms with E-state index in [2.05, 4.69) is 15.6 Å². The first-order chi connectivity index (χ1) is 16.6. The third-order valence-corrected chi connectivity index (χ3v) is 5.05. The summed E-state index contributed by atoms with van der Waals surface area (Å²) in [7, 11) is 0. The van der Waals surface area contributed by atoms with E-state index in [0.29, 0.717) is 10.8 Å². The fourth-order valence-electron chi connectivity index (χ4n) is 3.07. The summed E-state index contributed by atoms with van der Waals surface area (Å²) in [5.74, 6) is -0.657. The second kappa shape index (κ2) is 11.1. The van der Waals surface area contributed by atoms with Gasteiger partial charge in [0.15, 0.2) is 6.61 Å². The molecule has 0 fully saturated rings. The van der Waals surface area contributed by atoms with Gasteiger partial charge in [-0.1, -0.05) is 41.9 Å². The van der Waals surface area contributed by atoms with Crippen molar-refractivity contribution in [2.24, 2.45) is 4.99 Å². The van der Waals surface area contributed by atoms with Gasteiger partial charge in [-0.25, -0.2) is 4.39 Å². The van der Waals surface area contributed by atoms with Crippen LogP contribution in [0.15, 0.2) is 102 Å². The van der Waals surface area contributed by atoms with Crippen LogP contribution in [0.1, 0.15) is 5.56 Å². The molecule has 2 N–H and O–H groups in total. The zero-order valence-electron chi connectivity index (χ0n) is 18.0. The van der Waals surface area contributed by atoms with Crippen molar-refractivity contribution in [1.82, 2.24) is 0 Å². The van der Waals surface area contributed by atoms with E-state index in [4.69, 9.17) is 16.3 Å². The lowest BCUT2D eigenvalue weighted by Gasteiger charge is -2.09. The highest BCUT2D eigenvalue weighted by atomic mass is 35.5. The van der Waals surface area contributed by atoms with Gasteiger partial charge in [0.2, 0.25) is 0 Å². The fraction of sp³-hybridized carbons (Fsp3) is 0.0370. The Bertz CT molecular complexity index is 1300. The van der Waals surface area contributed by atoms with Crippen LogP contribution >= 0.6 is 11.6 Å². The third-order valence-electron chi connectivity index (χ3n) is 4.76. The van der Waals surface area contributed by atoms with Crippen molar-refractivity contribution in [3.05, 3.63) is 113 Å². The fourth-order valence-corrected chi connectivity index (χ4v) is 3.32. The van der Waals surface area contributed by atoms with Crippen LogP contribution in [-0.4, -0.2) is 18.7 Å². The number of nitrogens with one attached hydrogen (secondary N) is 2. The Morgan fingerprint density at radius 2 is 1.62 bits per heavy atom. The van der Waals surface area contributed by atoms with Crippen LogP contribution in [0.3, 0.4) is 0 Å². The minimum absolute atomic E-state index is 0.0950. The van der Waals surface area contributed by atoms with Crippen molar-refractivity contribution in [3.63, 3.8) is 0 Å². The molecule has 0 aliphatic carbocycles. The predicted octanol–water partition coefficient (Wildman–Crippen LogP) is 6.99. The molecule has 0 unspecified atom stereocenters. The van der Waals surface area contributed by atoms with Crippen molar-refractivity contribution >= 4 is 46.5 Å². The molecule has 0 spiro atoms. The van der Waals surface area contributed by atoms with Crippen molar-refractivity contribution in [1.29, 1.82) is 0 Å². The monoisotopic (exact) mass is 473 g/mol. The van der Waals surface area contributed by atoms with Gasteiger partial charge in [0, 0.05) is 17.6 Å². The molecule has 0 aliphatic rings. The second-order valence-corrected chi connectivity index (χ2v) is 7.71. The van der Waals surface area contributed by atoms with E-state index in [-0.39, 0.29) is 12.3 Å². The molecule has 170 valence electrons. The number of para-hydroxylation sites is 2. The molecule has 0 aromatic heterocycles. The number of hydrogen-bond acceptors (Lipinski definition) is 4. The van der Waals surface area contributed by atoms with Crippen LogP contribution in [0.5, 0.6) is 5.75 Å². The van der Waals surface area contributed by atoms with Crippen molar-refractivity contribution < 1.29 is 13.9 Å². The van der Waals surface area contributed by atoms with E-state index in [0.717, 1.165) is 22.6 Å². The predicted molar refractivity (Wildman–Crippen MR) is 135 cm³/mol. The Morgan fingerprint density at radius 1 is 0.912 bits per heavy atom. The van der Waals surface area contributed by atoms with Gasteiger partial charge in [-0.15, -0.1) is 0 Å². The van der Waals surface area contributed by atoms with Gasteiger partial charge in [0.1, 0.15) is 11.6 Å². The zero-order chi connectivity index (χ0) is 23.8. The van der Waals surface area contributed by atoms with Gasteiger partial charge < -0.3 is 15.4 Å². The first kappa shape index (κ1) is 23.0. The quantitative estimate of drug-likeness (QED) is 0.271. The van der Waals surface area contributed by atoms with Gasteiger partial charge in [0.25, 0.3) is 5.91 Å². The summed E-state index contributed by atoms with van der Waals surface area (Å²) in [5.41, 5.74) is 3.64. The molecule has 4 aromatic carbocycles. The number of benzene rings is 4. The Morgan fingerprint density at radius 3 is 2.35 bits per heavy atom. The third kappa shape index (κ3) is 6.43. The lowest BCUT2D eigenvalue weighted by molar-refractivity contribution is -0.118. The maximum Gasteiger partial charge on any atom is 0.262 e. The molecule has 0 saturated heterocycles. The smallest absolute Gasteiger partial charge is 0.262 e. The van der Waals surface area contributed by atoms with E-state index in [1.165, 1.54) is 12.1 Å². The first-order valence-corrected chi connectivity index (χ1v) is 10.9. The summed E-state index contributed by atoms with van der Waals surface area (Å²) >= 11 is 6.29. The number of aliphatic imine (C=N–C) groups is 1. The second-order valence-electron chi connectivity index (χ2n) is 7.30. The molecule has 0 atom stereocenters. The van der Waals surface area contributed by atoms with Crippen LogP contribution in [0.4, 0.5) is 27.1 Å². The standard InChI is InChI=1S/C27H21ClFN3O2/c28-23-16-19(10-15-26(23)34-18-27(33)32-25-9-5-4-8-24(25)29)17-30-20-11-13-22(14-12-20)31-21-6-2-1-3-7-21/h1-17,31H,18H2,(H,32,33). The zero-order valence-corrected chi connectivity index (χ0v) is 18.8. The van der Waals surface area contributed by atoms with E-state index in [1.54, 1.807) is 36.5 Å². The van der Waals surface area contributed by atoms with Crippen molar-refractivity contribution in [2.45, 2.75) is 0 Å². The molecule has 1 amide bonds. The van der Waals surface area contributed by atoms with E-state index >= 15 is 0 Å². The van der Waals surface area contributed by atoms with E-state index < -0.39 is 11.7 Å². The molecule has 0 heterocycles. The Labute approximate surface area is 201 Å². The summed E-state index contributed by atoms with van der Waals surface area (Å²) in [4.78, 5) is 16.5. The Hall–Kier alpha value is -4.16. The summed E-state index contributed by atoms with van der Waals surface area (Å²) in [6.07, 6.45) is 1.69. The highest BCUT2D eigenvalue weighted by Crippen LogP contribution is 2.26. The molecule has 4 aromatic rings. The van der Waals surface area contributed by atoms with Crippen LogP contribution in [0.2, 0.25) is 5.02 Å². The van der Waals surface area contributed by atoms with Crippen LogP contribution in [0, 0.1) is 5.82 Å². The number of carbonyl (C=O) groups excluding carboxylic acids is 1. The highest BCUT2D eigenvalue weighted by Gasteiger charge is 2.09. The molecular weight excluding hydrogens is 453 g/mol. The van der Waals surface area contributed by atoms with Crippen LogP contribution < -0.4 is 15.4 Å². The molecule has 7 heteroatoms. The molecule has 5 nitrogen and oxygen atoms in total. The van der Waals surface area contributed by atoms with E-state index in [9.17, 15) is 9.18 Å². The lowest BCUT2D eigenvalue weighted by Crippen LogP contribution is -2.20. The molecule has 0 aliphatic heterocycles. The Kier molecular flexibility index (Phi) is 7.53. The molecule has 4 rings (SSSR count). The van der Waals surface area contributed by atoms with Gasteiger partial charge in [-0.2, -0.15) is 0 Å². The number of amides is 1. The number of hydrogen-bond donors (Lipinski definition) is 2. The number of nitrogens with zero attached hydrogens (tertiary/aromatic N) is 1. The highest BCUT2D eigenvalue weighted by molar-refractivity contribution is 6.32. The average molecular weight is 474 g/mol. The number of ether oxygens (including phenoxy) is 1. The molecular formula is C27H21ClFN3O2. The SMILES string of the molecule is O=C(COc1ccc(C=Nc2ccc(Nc3ccccc3)cc2)cc1Cl)Nc1ccccc1F. The maximum atomic E-state index is 13.6. The largest absolute Gasteiger partial charge is 0.482 e. The van der Waals surface area contributed by atoms with Gasteiger partial charge >= 0.3 is 0 Å².